The van der Waals surface area contributed by atoms with Gasteiger partial charge in [-0.2, -0.15) is 4.31 Å². The average Bonchev–Trinajstić information content (AvgIpc) is 3.16. The van der Waals surface area contributed by atoms with Crippen LogP contribution in [0.2, 0.25) is 0 Å². The summed E-state index contributed by atoms with van der Waals surface area (Å²) in [7, 11) is 0.217. The van der Waals surface area contributed by atoms with E-state index in [1.807, 2.05) is 38.1 Å². The quantitative estimate of drug-likeness (QED) is 0.859. The van der Waals surface area contributed by atoms with E-state index < -0.39 is 10.0 Å². The predicted octanol–water partition coefficient (Wildman–Crippen LogP) is 2.57. The molecule has 1 fully saturated rings. The van der Waals surface area contributed by atoms with Gasteiger partial charge in [-0.25, -0.2) is 8.42 Å². The van der Waals surface area contributed by atoms with Crippen LogP contribution in [0, 0.1) is 6.92 Å². The first kappa shape index (κ1) is 16.0. The molecular weight excluding hydrogens is 314 g/mol. The second kappa shape index (κ2) is 5.98. The van der Waals surface area contributed by atoms with Gasteiger partial charge in [0.2, 0.25) is 10.0 Å². The Morgan fingerprint density at radius 2 is 2.09 bits per heavy atom. The number of nitrogens with zero attached hydrogens (tertiary/aromatic N) is 3. The van der Waals surface area contributed by atoms with Crippen molar-refractivity contribution in [2.75, 3.05) is 25.5 Å². The third-order valence-corrected chi connectivity index (χ3v) is 6.02. The van der Waals surface area contributed by atoms with Crippen LogP contribution in [0.5, 0.6) is 0 Å². The molecule has 0 N–H and O–H groups in total. The van der Waals surface area contributed by atoms with Gasteiger partial charge in [-0.05, 0) is 38.0 Å². The van der Waals surface area contributed by atoms with Gasteiger partial charge < -0.3 is 9.42 Å². The molecule has 1 aromatic carbocycles. The Bertz CT molecular complexity index is 798. The summed E-state index contributed by atoms with van der Waals surface area (Å²) in [6.07, 6.45) is 1.57. The zero-order chi connectivity index (χ0) is 16.6. The van der Waals surface area contributed by atoms with Crippen molar-refractivity contribution < 1.29 is 12.9 Å². The molecule has 0 amide bonds. The molecule has 1 aliphatic rings. The highest BCUT2D eigenvalue weighted by atomic mass is 32.2. The Morgan fingerprint density at radius 3 is 2.74 bits per heavy atom. The van der Waals surface area contributed by atoms with Gasteiger partial charge in [0.25, 0.3) is 0 Å². The number of sulfonamides is 1. The molecule has 0 saturated carbocycles. The van der Waals surface area contributed by atoms with Gasteiger partial charge in [0.1, 0.15) is 0 Å². The van der Waals surface area contributed by atoms with E-state index in [1.54, 1.807) is 18.2 Å². The van der Waals surface area contributed by atoms with Crippen LogP contribution >= 0.6 is 0 Å². The molecule has 6 nitrogen and oxygen atoms in total. The largest absolute Gasteiger partial charge is 0.378 e. The molecule has 2 aromatic rings. The van der Waals surface area contributed by atoms with E-state index in [9.17, 15) is 8.42 Å². The SMILES string of the molecule is Cc1cc(C2CCCN2S(=O)(=O)c2cccc(N(C)C)c2)on1. The lowest BCUT2D eigenvalue weighted by Crippen LogP contribution is -2.30. The lowest BCUT2D eigenvalue weighted by molar-refractivity contribution is 0.297. The van der Waals surface area contributed by atoms with Crippen LogP contribution in [0.25, 0.3) is 0 Å². The van der Waals surface area contributed by atoms with Crippen LogP contribution in [-0.2, 0) is 10.0 Å². The predicted molar refractivity (Wildman–Crippen MR) is 87.9 cm³/mol. The Labute approximate surface area is 136 Å². The van der Waals surface area contributed by atoms with Gasteiger partial charge in [-0.3, -0.25) is 0 Å². The third kappa shape index (κ3) is 2.98. The lowest BCUT2D eigenvalue weighted by Gasteiger charge is -2.23. The van der Waals surface area contributed by atoms with Gasteiger partial charge in [0, 0.05) is 32.4 Å². The highest BCUT2D eigenvalue weighted by Crippen LogP contribution is 2.37. The van der Waals surface area contributed by atoms with E-state index >= 15 is 0 Å². The highest BCUT2D eigenvalue weighted by Gasteiger charge is 2.38. The maximum Gasteiger partial charge on any atom is 0.243 e. The summed E-state index contributed by atoms with van der Waals surface area (Å²) in [6.45, 7) is 2.33. The maximum absolute atomic E-state index is 13.0. The number of hydrogen-bond acceptors (Lipinski definition) is 5. The van der Waals surface area contributed by atoms with Crippen LogP contribution in [0.3, 0.4) is 0 Å². The van der Waals surface area contributed by atoms with Gasteiger partial charge in [0.15, 0.2) is 5.76 Å². The number of anilines is 1. The first-order valence-corrected chi connectivity index (χ1v) is 9.06. The fourth-order valence-electron chi connectivity index (χ4n) is 2.91. The van der Waals surface area contributed by atoms with Crippen LogP contribution in [-0.4, -0.2) is 38.5 Å². The summed E-state index contributed by atoms with van der Waals surface area (Å²) in [6, 6.07) is 8.55. The molecule has 0 bridgehead atoms. The van der Waals surface area contributed by atoms with Crippen molar-refractivity contribution in [1.29, 1.82) is 0 Å². The summed E-state index contributed by atoms with van der Waals surface area (Å²) < 4.78 is 32.9. The molecule has 1 saturated heterocycles. The fourth-order valence-corrected chi connectivity index (χ4v) is 4.61. The molecule has 1 aliphatic heterocycles. The van der Waals surface area contributed by atoms with Crippen LogP contribution in [0.15, 0.2) is 39.8 Å². The summed E-state index contributed by atoms with van der Waals surface area (Å²) in [5.74, 6) is 0.618. The van der Waals surface area contributed by atoms with Crippen molar-refractivity contribution in [1.82, 2.24) is 9.46 Å². The van der Waals surface area contributed by atoms with E-state index in [-0.39, 0.29) is 6.04 Å². The summed E-state index contributed by atoms with van der Waals surface area (Å²) in [4.78, 5) is 2.20. The van der Waals surface area contributed by atoms with Crippen molar-refractivity contribution in [2.45, 2.75) is 30.7 Å². The van der Waals surface area contributed by atoms with Crippen LogP contribution in [0.1, 0.15) is 30.3 Å². The first-order chi connectivity index (χ1) is 10.9. The summed E-state index contributed by atoms with van der Waals surface area (Å²) >= 11 is 0. The van der Waals surface area contributed by atoms with Gasteiger partial charge in [-0.1, -0.05) is 11.2 Å². The fraction of sp³-hybridized carbons (Fsp3) is 0.438. The minimum Gasteiger partial charge on any atom is -0.378 e. The zero-order valence-corrected chi connectivity index (χ0v) is 14.4. The van der Waals surface area contributed by atoms with Crippen molar-refractivity contribution in [3.8, 4) is 0 Å². The molecule has 124 valence electrons. The maximum atomic E-state index is 13.0. The Kier molecular flexibility index (Phi) is 4.16. The number of hydrogen-bond donors (Lipinski definition) is 0. The Hall–Kier alpha value is -1.86. The molecule has 1 atom stereocenters. The topological polar surface area (TPSA) is 66.7 Å². The number of rotatable bonds is 4. The van der Waals surface area contributed by atoms with E-state index in [0.717, 1.165) is 24.2 Å². The normalized spacial score (nSPS) is 19.2. The number of benzene rings is 1. The monoisotopic (exact) mass is 335 g/mol. The van der Waals surface area contributed by atoms with Crippen molar-refractivity contribution >= 4 is 15.7 Å². The van der Waals surface area contributed by atoms with Gasteiger partial charge >= 0.3 is 0 Å². The molecule has 0 radical (unpaired) electrons. The number of aromatic nitrogens is 1. The molecule has 23 heavy (non-hydrogen) atoms. The third-order valence-electron chi connectivity index (χ3n) is 4.12. The van der Waals surface area contributed by atoms with Crippen LogP contribution in [0.4, 0.5) is 5.69 Å². The number of aryl methyl sites for hydroxylation is 1. The van der Waals surface area contributed by atoms with E-state index in [1.165, 1.54) is 4.31 Å². The summed E-state index contributed by atoms with van der Waals surface area (Å²) in [5, 5.41) is 3.88. The molecular formula is C16H21N3O3S. The molecule has 7 heteroatoms. The van der Waals surface area contributed by atoms with Crippen molar-refractivity contribution in [3.63, 3.8) is 0 Å². The minimum atomic E-state index is -3.56. The highest BCUT2D eigenvalue weighted by molar-refractivity contribution is 7.89. The lowest BCUT2D eigenvalue weighted by atomic mass is 10.2. The first-order valence-electron chi connectivity index (χ1n) is 7.62. The van der Waals surface area contributed by atoms with E-state index in [0.29, 0.717) is 17.2 Å². The molecule has 2 heterocycles. The van der Waals surface area contributed by atoms with Gasteiger partial charge in [0.05, 0.1) is 16.6 Å². The minimum absolute atomic E-state index is 0.274. The second-order valence-corrected chi connectivity index (χ2v) is 7.93. The molecule has 0 spiro atoms. The molecule has 3 rings (SSSR count). The molecule has 1 aromatic heterocycles. The Balaban J connectivity index is 1.97. The second-order valence-electron chi connectivity index (χ2n) is 6.04. The van der Waals surface area contributed by atoms with Gasteiger partial charge in [-0.15, -0.1) is 0 Å². The summed E-state index contributed by atoms with van der Waals surface area (Å²) in [5.41, 5.74) is 1.62. The smallest absolute Gasteiger partial charge is 0.243 e. The molecule has 1 unspecified atom stereocenters. The van der Waals surface area contributed by atoms with Crippen LogP contribution < -0.4 is 4.90 Å². The van der Waals surface area contributed by atoms with Crippen molar-refractivity contribution in [2.24, 2.45) is 0 Å². The Morgan fingerprint density at radius 1 is 1.30 bits per heavy atom. The van der Waals surface area contributed by atoms with E-state index in [4.69, 9.17) is 4.52 Å². The molecule has 0 aliphatic carbocycles. The van der Waals surface area contributed by atoms with E-state index in [2.05, 4.69) is 5.16 Å². The standard InChI is InChI=1S/C16H21N3O3S/c1-12-10-16(22-17-12)15-8-5-9-19(15)23(20,21)14-7-4-6-13(11-14)18(2)3/h4,6-7,10-11,15H,5,8-9H2,1-3H3. The zero-order valence-electron chi connectivity index (χ0n) is 13.6. The average molecular weight is 335 g/mol. The van der Waals surface area contributed by atoms with Crippen molar-refractivity contribution in [3.05, 3.63) is 41.8 Å².